The summed E-state index contributed by atoms with van der Waals surface area (Å²) in [5.74, 6) is 0.135. The molecule has 2 N–H and O–H groups in total. The van der Waals surface area contributed by atoms with Crippen molar-refractivity contribution in [1.82, 2.24) is 4.90 Å². The number of nitrogens with two attached hydrogens (primary N) is 1. The van der Waals surface area contributed by atoms with Crippen molar-refractivity contribution in [3.63, 3.8) is 0 Å². The molecule has 1 aliphatic heterocycles. The number of rotatable bonds is 2. The Morgan fingerprint density at radius 1 is 1.14 bits per heavy atom. The fourth-order valence-electron chi connectivity index (χ4n) is 2.48. The van der Waals surface area contributed by atoms with Crippen molar-refractivity contribution in [2.45, 2.75) is 18.9 Å². The van der Waals surface area contributed by atoms with Crippen molar-refractivity contribution < 1.29 is 4.79 Å². The van der Waals surface area contributed by atoms with Gasteiger partial charge in [-0.05, 0) is 42.7 Å². The lowest BCUT2D eigenvalue weighted by molar-refractivity contribution is 0.0719. The maximum Gasteiger partial charge on any atom is 0.263 e. The van der Waals surface area contributed by atoms with Crippen LogP contribution < -0.4 is 5.73 Å². The van der Waals surface area contributed by atoms with E-state index in [1.54, 1.807) is 11.3 Å². The van der Waals surface area contributed by atoms with Crippen molar-refractivity contribution in [3.8, 4) is 10.4 Å². The van der Waals surface area contributed by atoms with E-state index in [0.717, 1.165) is 45.7 Å². The fourth-order valence-corrected chi connectivity index (χ4v) is 3.72. The maximum absolute atomic E-state index is 12.5. The molecule has 1 fully saturated rings. The van der Waals surface area contributed by atoms with E-state index < -0.39 is 0 Å². The van der Waals surface area contributed by atoms with E-state index in [1.165, 1.54) is 0 Å². The van der Waals surface area contributed by atoms with Gasteiger partial charge in [-0.1, -0.05) is 28.1 Å². The standard InChI is InChI=1S/C16H17BrN2OS/c17-12-3-1-11(2-4-12)14-5-6-15(21-14)16(20)19-9-7-13(18)8-10-19/h1-6,13H,7-10,18H2. The number of carbonyl (C=O) groups is 1. The third-order valence-electron chi connectivity index (χ3n) is 3.77. The number of carbonyl (C=O) groups excluding carboxylic acids is 1. The molecule has 2 heterocycles. The molecule has 2 aromatic rings. The predicted octanol–water partition coefficient (Wildman–Crippen LogP) is 3.74. The predicted molar refractivity (Wildman–Crippen MR) is 90.6 cm³/mol. The van der Waals surface area contributed by atoms with E-state index in [9.17, 15) is 4.79 Å². The lowest BCUT2D eigenvalue weighted by Gasteiger charge is -2.29. The van der Waals surface area contributed by atoms with Crippen molar-refractivity contribution in [2.75, 3.05) is 13.1 Å². The summed E-state index contributed by atoms with van der Waals surface area (Å²) >= 11 is 4.99. The number of thiophene rings is 1. The monoisotopic (exact) mass is 364 g/mol. The van der Waals surface area contributed by atoms with Gasteiger partial charge in [0.25, 0.3) is 5.91 Å². The molecule has 0 unspecified atom stereocenters. The minimum atomic E-state index is 0.135. The summed E-state index contributed by atoms with van der Waals surface area (Å²) in [6, 6.07) is 12.4. The van der Waals surface area contributed by atoms with Crippen LogP contribution in [-0.4, -0.2) is 29.9 Å². The summed E-state index contributed by atoms with van der Waals surface area (Å²) in [4.78, 5) is 16.3. The normalized spacial score (nSPS) is 16.2. The third kappa shape index (κ3) is 3.36. The second kappa shape index (κ2) is 6.30. The summed E-state index contributed by atoms with van der Waals surface area (Å²) < 4.78 is 1.06. The number of piperidine rings is 1. The van der Waals surface area contributed by atoms with E-state index >= 15 is 0 Å². The number of likely N-dealkylation sites (tertiary alicyclic amines) is 1. The first kappa shape index (κ1) is 14.8. The Balaban J connectivity index is 1.75. The molecule has 1 amide bonds. The molecule has 1 aromatic carbocycles. The molecular formula is C16H17BrN2OS. The molecule has 1 aliphatic rings. The second-order valence-electron chi connectivity index (χ2n) is 5.30. The molecule has 1 saturated heterocycles. The first-order valence-electron chi connectivity index (χ1n) is 7.04. The molecule has 0 saturated carbocycles. The first-order chi connectivity index (χ1) is 10.1. The third-order valence-corrected chi connectivity index (χ3v) is 5.42. The molecule has 110 valence electrons. The molecule has 0 aliphatic carbocycles. The van der Waals surface area contributed by atoms with E-state index in [4.69, 9.17) is 5.73 Å². The van der Waals surface area contributed by atoms with Gasteiger partial charge in [0.2, 0.25) is 0 Å². The van der Waals surface area contributed by atoms with Crippen LogP contribution in [-0.2, 0) is 0 Å². The molecule has 0 atom stereocenters. The minimum absolute atomic E-state index is 0.135. The summed E-state index contributed by atoms with van der Waals surface area (Å²) in [6.45, 7) is 1.54. The van der Waals surface area contributed by atoms with Crippen molar-refractivity contribution in [1.29, 1.82) is 0 Å². The highest BCUT2D eigenvalue weighted by molar-refractivity contribution is 9.10. The quantitative estimate of drug-likeness (QED) is 0.881. The maximum atomic E-state index is 12.5. The highest BCUT2D eigenvalue weighted by Gasteiger charge is 2.22. The van der Waals surface area contributed by atoms with Gasteiger partial charge in [0.15, 0.2) is 0 Å². The van der Waals surface area contributed by atoms with Gasteiger partial charge in [-0.25, -0.2) is 0 Å². The Labute approximate surface area is 136 Å². The SMILES string of the molecule is NC1CCN(C(=O)c2ccc(-c3ccc(Br)cc3)s2)CC1. The average Bonchev–Trinajstić information content (AvgIpc) is 2.98. The van der Waals surface area contributed by atoms with Crippen LogP contribution in [0, 0.1) is 0 Å². The minimum Gasteiger partial charge on any atom is -0.338 e. The second-order valence-corrected chi connectivity index (χ2v) is 7.30. The highest BCUT2D eigenvalue weighted by Crippen LogP contribution is 2.30. The summed E-state index contributed by atoms with van der Waals surface area (Å²) in [5, 5.41) is 0. The zero-order valence-corrected chi connectivity index (χ0v) is 14.0. The highest BCUT2D eigenvalue weighted by atomic mass is 79.9. The zero-order chi connectivity index (χ0) is 14.8. The lowest BCUT2D eigenvalue weighted by atomic mass is 10.1. The van der Waals surface area contributed by atoms with Gasteiger partial charge in [-0.3, -0.25) is 4.79 Å². The van der Waals surface area contributed by atoms with Crippen molar-refractivity contribution in [2.24, 2.45) is 5.73 Å². The van der Waals surface area contributed by atoms with E-state index in [0.29, 0.717) is 0 Å². The molecular weight excluding hydrogens is 348 g/mol. The van der Waals surface area contributed by atoms with Crippen LogP contribution in [0.1, 0.15) is 22.5 Å². The van der Waals surface area contributed by atoms with Crippen LogP contribution in [0.2, 0.25) is 0 Å². The number of nitrogens with zero attached hydrogens (tertiary/aromatic N) is 1. The topological polar surface area (TPSA) is 46.3 Å². The number of hydrogen-bond acceptors (Lipinski definition) is 3. The molecule has 0 bridgehead atoms. The van der Waals surface area contributed by atoms with E-state index in [1.807, 2.05) is 29.2 Å². The van der Waals surface area contributed by atoms with E-state index in [2.05, 4.69) is 28.1 Å². The molecule has 1 aromatic heterocycles. The lowest BCUT2D eigenvalue weighted by Crippen LogP contribution is -2.42. The van der Waals surface area contributed by atoms with Gasteiger partial charge in [0.1, 0.15) is 0 Å². The molecule has 3 nitrogen and oxygen atoms in total. The Morgan fingerprint density at radius 3 is 2.48 bits per heavy atom. The van der Waals surface area contributed by atoms with Crippen LogP contribution in [0.3, 0.4) is 0 Å². The summed E-state index contributed by atoms with van der Waals surface area (Å²) in [7, 11) is 0. The van der Waals surface area contributed by atoms with Crippen molar-refractivity contribution >= 4 is 33.2 Å². The number of benzene rings is 1. The zero-order valence-electron chi connectivity index (χ0n) is 11.6. The molecule has 0 radical (unpaired) electrons. The summed E-state index contributed by atoms with van der Waals surface area (Å²) in [6.07, 6.45) is 1.80. The van der Waals surface area contributed by atoms with Crippen LogP contribution in [0.5, 0.6) is 0 Å². The number of amides is 1. The van der Waals surface area contributed by atoms with Gasteiger partial charge < -0.3 is 10.6 Å². The Hall–Kier alpha value is -1.17. The fraction of sp³-hybridized carbons (Fsp3) is 0.312. The summed E-state index contributed by atoms with van der Waals surface area (Å²) in [5.41, 5.74) is 7.03. The Kier molecular flexibility index (Phi) is 4.42. The van der Waals surface area contributed by atoms with Crippen LogP contribution in [0.4, 0.5) is 0 Å². The molecule has 21 heavy (non-hydrogen) atoms. The molecule has 3 rings (SSSR count). The molecule has 5 heteroatoms. The van der Waals surface area contributed by atoms with Gasteiger partial charge >= 0.3 is 0 Å². The van der Waals surface area contributed by atoms with E-state index in [-0.39, 0.29) is 11.9 Å². The van der Waals surface area contributed by atoms with Gasteiger partial charge in [0.05, 0.1) is 4.88 Å². The van der Waals surface area contributed by atoms with Gasteiger partial charge in [-0.15, -0.1) is 11.3 Å². The van der Waals surface area contributed by atoms with Crippen LogP contribution in [0.25, 0.3) is 10.4 Å². The first-order valence-corrected chi connectivity index (χ1v) is 8.65. The number of hydrogen-bond donors (Lipinski definition) is 1. The Morgan fingerprint density at radius 2 is 1.81 bits per heavy atom. The molecule has 0 spiro atoms. The average molecular weight is 365 g/mol. The smallest absolute Gasteiger partial charge is 0.263 e. The van der Waals surface area contributed by atoms with Crippen LogP contribution >= 0.6 is 27.3 Å². The number of halogens is 1. The van der Waals surface area contributed by atoms with Crippen LogP contribution in [0.15, 0.2) is 40.9 Å². The van der Waals surface area contributed by atoms with Gasteiger partial charge in [0, 0.05) is 28.5 Å². The largest absolute Gasteiger partial charge is 0.338 e. The van der Waals surface area contributed by atoms with Crippen molar-refractivity contribution in [3.05, 3.63) is 45.7 Å². The Bertz CT molecular complexity index is 630. The van der Waals surface area contributed by atoms with Gasteiger partial charge in [-0.2, -0.15) is 0 Å².